The molecule has 0 bridgehead atoms. The number of aliphatic carboxylic acids is 1. The number of nitriles is 1. The second-order valence-electron chi connectivity index (χ2n) is 5.89. The van der Waals surface area contributed by atoms with Crippen molar-refractivity contribution >= 4 is 11.7 Å². The average Bonchev–Trinajstić information content (AvgIpc) is 2.62. The van der Waals surface area contributed by atoms with E-state index in [-0.39, 0.29) is 6.54 Å². The van der Waals surface area contributed by atoms with E-state index in [2.05, 4.69) is 35.2 Å². The van der Waals surface area contributed by atoms with E-state index in [4.69, 9.17) is 10.4 Å². The highest BCUT2D eigenvalue weighted by molar-refractivity contribution is 5.69. The molecule has 0 spiro atoms. The zero-order chi connectivity index (χ0) is 16.9. The van der Waals surface area contributed by atoms with E-state index in [9.17, 15) is 4.79 Å². The largest absolute Gasteiger partial charge is 0.480 e. The first-order valence-corrected chi connectivity index (χ1v) is 7.95. The van der Waals surface area contributed by atoms with Crippen LogP contribution in [0.3, 0.4) is 0 Å². The van der Waals surface area contributed by atoms with Gasteiger partial charge in [-0.25, -0.2) is 0 Å². The summed E-state index contributed by atoms with van der Waals surface area (Å²) in [4.78, 5) is 15.0. The molecule has 1 N–H and O–H groups in total. The molecule has 1 aliphatic rings. The van der Waals surface area contributed by atoms with Gasteiger partial charge in [-0.1, -0.05) is 24.3 Å². The van der Waals surface area contributed by atoms with Gasteiger partial charge in [-0.05, 0) is 35.4 Å². The number of piperazine rings is 1. The Morgan fingerprint density at radius 3 is 2.00 bits per heavy atom. The first-order chi connectivity index (χ1) is 11.7. The number of rotatable bonds is 4. The fourth-order valence-electron chi connectivity index (χ4n) is 2.96. The molecule has 2 aromatic rings. The zero-order valence-electron chi connectivity index (χ0n) is 13.4. The Balaban J connectivity index is 1.64. The molecule has 0 aromatic heterocycles. The van der Waals surface area contributed by atoms with Crippen molar-refractivity contribution in [3.63, 3.8) is 0 Å². The van der Waals surface area contributed by atoms with E-state index in [0.29, 0.717) is 5.56 Å². The third-order valence-corrected chi connectivity index (χ3v) is 4.31. The van der Waals surface area contributed by atoms with Gasteiger partial charge in [0.15, 0.2) is 0 Å². The SMILES string of the molecule is N#Cc1ccc(-c2ccc(N3CCN(CC(=O)O)CC3)cc2)cc1. The van der Waals surface area contributed by atoms with E-state index >= 15 is 0 Å². The highest BCUT2D eigenvalue weighted by Crippen LogP contribution is 2.24. The van der Waals surface area contributed by atoms with Crippen LogP contribution < -0.4 is 4.90 Å². The summed E-state index contributed by atoms with van der Waals surface area (Å²) in [5, 5.41) is 17.7. The molecule has 1 aliphatic heterocycles. The Hall–Kier alpha value is -2.84. The normalized spacial score (nSPS) is 15.0. The minimum absolute atomic E-state index is 0.117. The minimum atomic E-state index is -0.768. The number of anilines is 1. The molecular formula is C19H19N3O2. The van der Waals surface area contributed by atoms with Crippen LogP contribution in [-0.2, 0) is 4.79 Å². The van der Waals surface area contributed by atoms with E-state index in [0.717, 1.165) is 43.0 Å². The van der Waals surface area contributed by atoms with Crippen molar-refractivity contribution in [2.45, 2.75) is 0 Å². The van der Waals surface area contributed by atoms with Crippen LogP contribution in [0.5, 0.6) is 0 Å². The summed E-state index contributed by atoms with van der Waals surface area (Å²) in [5.41, 5.74) is 4.02. The fourth-order valence-corrected chi connectivity index (χ4v) is 2.96. The highest BCUT2D eigenvalue weighted by Gasteiger charge is 2.18. The first-order valence-electron chi connectivity index (χ1n) is 7.95. The summed E-state index contributed by atoms with van der Waals surface area (Å²) in [6.45, 7) is 3.33. The van der Waals surface area contributed by atoms with E-state index in [1.165, 1.54) is 0 Å². The molecule has 2 aromatic carbocycles. The average molecular weight is 321 g/mol. The Morgan fingerprint density at radius 1 is 0.958 bits per heavy atom. The van der Waals surface area contributed by atoms with Crippen molar-refractivity contribution in [3.05, 3.63) is 54.1 Å². The maximum Gasteiger partial charge on any atom is 0.317 e. The molecule has 1 saturated heterocycles. The van der Waals surface area contributed by atoms with Gasteiger partial charge in [-0.3, -0.25) is 9.69 Å². The lowest BCUT2D eigenvalue weighted by molar-refractivity contribution is -0.138. The van der Waals surface area contributed by atoms with Gasteiger partial charge in [0.05, 0.1) is 18.2 Å². The van der Waals surface area contributed by atoms with Crippen molar-refractivity contribution < 1.29 is 9.90 Å². The van der Waals surface area contributed by atoms with Gasteiger partial charge in [-0.15, -0.1) is 0 Å². The van der Waals surface area contributed by atoms with E-state index in [1.807, 2.05) is 29.2 Å². The van der Waals surface area contributed by atoms with E-state index < -0.39 is 5.97 Å². The third kappa shape index (κ3) is 3.73. The second kappa shape index (κ2) is 7.16. The number of hydrogen-bond acceptors (Lipinski definition) is 4. The molecule has 1 fully saturated rings. The molecule has 0 unspecified atom stereocenters. The molecule has 1 heterocycles. The molecule has 122 valence electrons. The molecule has 0 saturated carbocycles. The second-order valence-corrected chi connectivity index (χ2v) is 5.89. The minimum Gasteiger partial charge on any atom is -0.480 e. The Bertz CT molecular complexity index is 740. The monoisotopic (exact) mass is 321 g/mol. The van der Waals surface area contributed by atoms with Crippen molar-refractivity contribution in [1.82, 2.24) is 4.90 Å². The molecule has 24 heavy (non-hydrogen) atoms. The zero-order valence-corrected chi connectivity index (χ0v) is 13.4. The summed E-state index contributed by atoms with van der Waals surface area (Å²) >= 11 is 0. The van der Waals surface area contributed by atoms with Crippen LogP contribution in [0.25, 0.3) is 11.1 Å². The number of benzene rings is 2. The maximum atomic E-state index is 10.8. The quantitative estimate of drug-likeness (QED) is 0.937. The Kier molecular flexibility index (Phi) is 4.78. The molecule has 5 heteroatoms. The number of nitrogens with zero attached hydrogens (tertiary/aromatic N) is 3. The highest BCUT2D eigenvalue weighted by atomic mass is 16.4. The van der Waals surface area contributed by atoms with Gasteiger partial charge in [-0.2, -0.15) is 5.26 Å². The number of hydrogen-bond donors (Lipinski definition) is 1. The van der Waals surface area contributed by atoms with Gasteiger partial charge in [0, 0.05) is 31.9 Å². The van der Waals surface area contributed by atoms with Crippen LogP contribution >= 0.6 is 0 Å². The predicted octanol–water partition coefficient (Wildman–Crippen LogP) is 2.43. The lowest BCUT2D eigenvalue weighted by Crippen LogP contribution is -2.47. The van der Waals surface area contributed by atoms with Crippen molar-refractivity contribution in [1.29, 1.82) is 5.26 Å². The topological polar surface area (TPSA) is 67.6 Å². The molecular weight excluding hydrogens is 302 g/mol. The molecule has 3 rings (SSSR count). The predicted molar refractivity (Wildman–Crippen MR) is 92.9 cm³/mol. The lowest BCUT2D eigenvalue weighted by atomic mass is 10.0. The van der Waals surface area contributed by atoms with Crippen LogP contribution in [0, 0.1) is 11.3 Å². The Morgan fingerprint density at radius 2 is 1.50 bits per heavy atom. The smallest absolute Gasteiger partial charge is 0.317 e. The molecule has 5 nitrogen and oxygen atoms in total. The molecule has 0 amide bonds. The number of carboxylic acids is 1. The lowest BCUT2D eigenvalue weighted by Gasteiger charge is -2.35. The maximum absolute atomic E-state index is 10.8. The number of carbonyl (C=O) groups is 1. The van der Waals surface area contributed by atoms with Gasteiger partial charge in [0.1, 0.15) is 0 Å². The van der Waals surface area contributed by atoms with Crippen LogP contribution in [0.1, 0.15) is 5.56 Å². The molecule has 0 radical (unpaired) electrons. The standard InChI is InChI=1S/C19H19N3O2/c20-13-15-1-3-16(4-2-15)17-5-7-18(8-6-17)22-11-9-21(10-12-22)14-19(23)24/h1-8H,9-12,14H2,(H,23,24). The van der Waals surface area contributed by atoms with Crippen LogP contribution in [0.2, 0.25) is 0 Å². The van der Waals surface area contributed by atoms with Crippen LogP contribution in [-0.4, -0.2) is 48.7 Å². The van der Waals surface area contributed by atoms with Gasteiger partial charge in [0.2, 0.25) is 0 Å². The summed E-state index contributed by atoms with van der Waals surface area (Å²) in [6, 6.07) is 18.1. The number of carboxylic acid groups (broad SMARTS) is 1. The van der Waals surface area contributed by atoms with Crippen LogP contribution in [0.15, 0.2) is 48.5 Å². The van der Waals surface area contributed by atoms with Crippen molar-refractivity contribution in [3.8, 4) is 17.2 Å². The van der Waals surface area contributed by atoms with Gasteiger partial charge >= 0.3 is 5.97 Å². The first kappa shape index (κ1) is 16.0. The molecule has 0 aliphatic carbocycles. The summed E-state index contributed by atoms with van der Waals surface area (Å²) in [5.74, 6) is -0.768. The van der Waals surface area contributed by atoms with Crippen molar-refractivity contribution in [2.24, 2.45) is 0 Å². The van der Waals surface area contributed by atoms with Gasteiger partial charge < -0.3 is 10.0 Å². The van der Waals surface area contributed by atoms with E-state index in [1.54, 1.807) is 0 Å². The Labute approximate surface area is 141 Å². The van der Waals surface area contributed by atoms with Crippen molar-refractivity contribution in [2.75, 3.05) is 37.6 Å². The summed E-state index contributed by atoms with van der Waals surface area (Å²) < 4.78 is 0. The fraction of sp³-hybridized carbons (Fsp3) is 0.263. The third-order valence-electron chi connectivity index (χ3n) is 4.31. The summed E-state index contributed by atoms with van der Waals surface area (Å²) in [6.07, 6.45) is 0. The summed E-state index contributed by atoms with van der Waals surface area (Å²) in [7, 11) is 0. The molecule has 0 atom stereocenters. The van der Waals surface area contributed by atoms with Crippen LogP contribution in [0.4, 0.5) is 5.69 Å². The van der Waals surface area contributed by atoms with Gasteiger partial charge in [0.25, 0.3) is 0 Å².